The van der Waals surface area contributed by atoms with E-state index in [-0.39, 0.29) is 5.60 Å². The van der Waals surface area contributed by atoms with Crippen LogP contribution < -0.4 is 15.2 Å². The topological polar surface area (TPSA) is 57.4 Å². The van der Waals surface area contributed by atoms with Gasteiger partial charge in [0, 0.05) is 22.7 Å². The zero-order valence-corrected chi connectivity index (χ0v) is 12.9. The molecule has 4 nitrogen and oxygen atoms in total. The first kappa shape index (κ1) is 13.2. The third-order valence-corrected chi connectivity index (χ3v) is 3.54. The Hall–Kier alpha value is -1.75. The summed E-state index contributed by atoms with van der Waals surface area (Å²) in [6.45, 7) is 4.12. The molecule has 0 saturated carbocycles. The second-order valence-corrected chi connectivity index (χ2v) is 6.35. The Morgan fingerprint density at radius 2 is 2.20 bits per heavy atom. The lowest BCUT2D eigenvalue weighted by molar-refractivity contribution is 0.135. The highest BCUT2D eigenvalue weighted by Gasteiger charge is 2.32. The molecule has 0 radical (unpaired) electrons. The molecular weight excluding hydrogens is 320 g/mol. The molecule has 2 N–H and O–H groups in total. The fraction of sp³-hybridized carbons (Fsp3) is 0.267. The average Bonchev–Trinajstić information content (AvgIpc) is 2.67. The van der Waals surface area contributed by atoms with Crippen LogP contribution in [0.2, 0.25) is 0 Å². The van der Waals surface area contributed by atoms with E-state index >= 15 is 0 Å². The maximum atomic E-state index is 5.96. The van der Waals surface area contributed by atoms with Gasteiger partial charge in [-0.15, -0.1) is 0 Å². The van der Waals surface area contributed by atoms with Gasteiger partial charge in [0.25, 0.3) is 0 Å². The van der Waals surface area contributed by atoms with Crippen LogP contribution in [0.5, 0.6) is 17.4 Å². The molecule has 20 heavy (non-hydrogen) atoms. The van der Waals surface area contributed by atoms with E-state index in [4.69, 9.17) is 15.2 Å². The van der Waals surface area contributed by atoms with Crippen LogP contribution in [-0.2, 0) is 6.42 Å². The summed E-state index contributed by atoms with van der Waals surface area (Å²) in [6, 6.07) is 7.63. The van der Waals surface area contributed by atoms with Crippen molar-refractivity contribution in [1.29, 1.82) is 0 Å². The van der Waals surface area contributed by atoms with Crippen molar-refractivity contribution in [3.63, 3.8) is 0 Å². The number of hydrogen-bond acceptors (Lipinski definition) is 4. The maximum absolute atomic E-state index is 5.96. The van der Waals surface area contributed by atoms with E-state index in [2.05, 4.69) is 40.8 Å². The summed E-state index contributed by atoms with van der Waals surface area (Å²) in [5.41, 5.74) is 7.32. The van der Waals surface area contributed by atoms with Gasteiger partial charge in [0.05, 0.1) is 5.69 Å². The first-order chi connectivity index (χ1) is 9.44. The van der Waals surface area contributed by atoms with Gasteiger partial charge in [-0.2, -0.15) is 0 Å². The summed E-state index contributed by atoms with van der Waals surface area (Å²) in [7, 11) is 0. The van der Waals surface area contributed by atoms with Crippen LogP contribution in [0.1, 0.15) is 19.4 Å². The van der Waals surface area contributed by atoms with Crippen LogP contribution in [-0.4, -0.2) is 10.6 Å². The van der Waals surface area contributed by atoms with E-state index in [1.807, 2.05) is 12.1 Å². The summed E-state index contributed by atoms with van der Waals surface area (Å²) in [6.07, 6.45) is 2.52. The fourth-order valence-electron chi connectivity index (χ4n) is 2.30. The lowest BCUT2D eigenvalue weighted by Gasteiger charge is -2.18. The third kappa shape index (κ3) is 2.45. The molecule has 0 saturated heterocycles. The van der Waals surface area contributed by atoms with E-state index in [1.165, 1.54) is 0 Å². The largest absolute Gasteiger partial charge is 0.483 e. The molecule has 3 rings (SSSR count). The summed E-state index contributed by atoms with van der Waals surface area (Å²) in [5.74, 6) is 1.81. The van der Waals surface area contributed by atoms with Crippen LogP contribution in [0.15, 0.2) is 34.9 Å². The number of hydrogen-bond donors (Lipinski definition) is 1. The number of ether oxygens (including phenoxy) is 2. The number of benzene rings is 1. The first-order valence-corrected chi connectivity index (χ1v) is 7.14. The number of rotatable bonds is 2. The molecule has 0 unspecified atom stereocenters. The third-order valence-electron chi connectivity index (χ3n) is 3.11. The average molecular weight is 335 g/mol. The van der Waals surface area contributed by atoms with Gasteiger partial charge in [-0.05, 0) is 41.9 Å². The fourth-order valence-corrected chi connectivity index (χ4v) is 2.65. The molecule has 2 aromatic rings. The predicted octanol–water partition coefficient (Wildman–Crippen LogP) is 3.93. The quantitative estimate of drug-likeness (QED) is 0.903. The zero-order chi connectivity index (χ0) is 14.3. The molecule has 0 atom stereocenters. The van der Waals surface area contributed by atoms with Crippen LogP contribution in [0.4, 0.5) is 5.69 Å². The second kappa shape index (κ2) is 4.66. The molecule has 1 aromatic heterocycles. The van der Waals surface area contributed by atoms with Crippen molar-refractivity contribution < 1.29 is 9.47 Å². The highest BCUT2D eigenvalue weighted by Crippen LogP contribution is 2.43. The van der Waals surface area contributed by atoms with Gasteiger partial charge in [0.15, 0.2) is 11.5 Å². The highest BCUT2D eigenvalue weighted by atomic mass is 79.9. The minimum absolute atomic E-state index is 0.208. The van der Waals surface area contributed by atoms with Crippen LogP contribution in [0.3, 0.4) is 0 Å². The molecule has 1 aromatic carbocycles. The van der Waals surface area contributed by atoms with Gasteiger partial charge >= 0.3 is 0 Å². The highest BCUT2D eigenvalue weighted by molar-refractivity contribution is 9.10. The summed E-state index contributed by atoms with van der Waals surface area (Å²) < 4.78 is 12.6. The molecule has 1 aliphatic rings. The van der Waals surface area contributed by atoms with Crippen molar-refractivity contribution in [2.24, 2.45) is 0 Å². The molecule has 5 heteroatoms. The summed E-state index contributed by atoms with van der Waals surface area (Å²) >= 11 is 3.32. The molecule has 0 fully saturated rings. The number of nitrogen functional groups attached to an aromatic ring is 1. The Bertz CT molecular complexity index is 671. The number of aromatic nitrogens is 1. The van der Waals surface area contributed by atoms with Crippen molar-refractivity contribution in [3.05, 3.63) is 40.5 Å². The Kier molecular flexibility index (Phi) is 3.09. The normalized spacial score (nSPS) is 15.6. The van der Waals surface area contributed by atoms with Crippen molar-refractivity contribution in [3.8, 4) is 17.4 Å². The molecule has 0 aliphatic carbocycles. The maximum Gasteiger partial charge on any atom is 0.242 e. The molecular formula is C15H15BrN2O2. The number of halogens is 1. The van der Waals surface area contributed by atoms with E-state index in [0.717, 1.165) is 22.2 Å². The van der Waals surface area contributed by atoms with Crippen molar-refractivity contribution in [1.82, 2.24) is 4.98 Å². The Morgan fingerprint density at radius 3 is 2.95 bits per heavy atom. The zero-order valence-electron chi connectivity index (χ0n) is 11.3. The van der Waals surface area contributed by atoms with Crippen LogP contribution in [0, 0.1) is 0 Å². The number of para-hydroxylation sites is 1. The lowest BCUT2D eigenvalue weighted by Crippen LogP contribution is -2.24. The van der Waals surface area contributed by atoms with E-state index in [9.17, 15) is 0 Å². The van der Waals surface area contributed by atoms with Crippen molar-refractivity contribution >= 4 is 21.6 Å². The Morgan fingerprint density at radius 1 is 1.40 bits per heavy atom. The Labute approximate surface area is 126 Å². The Balaban J connectivity index is 1.95. The SMILES string of the molecule is CC1(C)Cc2cccc(Oc3ncc(Br)cc3N)c2O1. The predicted molar refractivity (Wildman–Crippen MR) is 81.3 cm³/mol. The van der Waals surface area contributed by atoms with Gasteiger partial charge in [-0.25, -0.2) is 4.98 Å². The van der Waals surface area contributed by atoms with Gasteiger partial charge in [-0.3, -0.25) is 0 Å². The second-order valence-electron chi connectivity index (χ2n) is 5.43. The van der Waals surface area contributed by atoms with Crippen molar-refractivity contribution in [2.45, 2.75) is 25.9 Å². The van der Waals surface area contributed by atoms with Gasteiger partial charge in [0.1, 0.15) is 5.60 Å². The van der Waals surface area contributed by atoms with E-state index < -0.39 is 0 Å². The smallest absolute Gasteiger partial charge is 0.242 e. The summed E-state index contributed by atoms with van der Waals surface area (Å²) in [4.78, 5) is 4.19. The lowest BCUT2D eigenvalue weighted by atomic mass is 10.0. The monoisotopic (exact) mass is 334 g/mol. The molecule has 104 valence electrons. The van der Waals surface area contributed by atoms with E-state index in [0.29, 0.717) is 17.3 Å². The van der Waals surface area contributed by atoms with E-state index in [1.54, 1.807) is 12.3 Å². The molecule has 0 amide bonds. The number of anilines is 1. The van der Waals surface area contributed by atoms with Gasteiger partial charge in [-0.1, -0.05) is 12.1 Å². The van der Waals surface area contributed by atoms with Crippen LogP contribution in [0.25, 0.3) is 0 Å². The molecule has 0 spiro atoms. The number of nitrogens with two attached hydrogens (primary N) is 1. The summed E-state index contributed by atoms with van der Waals surface area (Å²) in [5, 5.41) is 0. The molecule has 1 aliphatic heterocycles. The first-order valence-electron chi connectivity index (χ1n) is 6.34. The molecule has 0 bridgehead atoms. The van der Waals surface area contributed by atoms with Crippen LogP contribution >= 0.6 is 15.9 Å². The molecule has 2 heterocycles. The van der Waals surface area contributed by atoms with Crippen molar-refractivity contribution in [2.75, 3.05) is 5.73 Å². The number of fused-ring (bicyclic) bond motifs is 1. The number of nitrogens with zero attached hydrogens (tertiary/aromatic N) is 1. The van der Waals surface area contributed by atoms with Gasteiger partial charge < -0.3 is 15.2 Å². The number of pyridine rings is 1. The minimum atomic E-state index is -0.208. The minimum Gasteiger partial charge on any atom is -0.483 e. The standard InChI is InChI=1S/C15H15BrN2O2/c1-15(2)7-9-4-3-5-12(13(9)20-15)19-14-11(17)6-10(16)8-18-14/h3-6,8H,7,17H2,1-2H3. The van der Waals surface area contributed by atoms with Gasteiger partial charge in [0.2, 0.25) is 5.88 Å².